The van der Waals surface area contributed by atoms with E-state index in [-0.39, 0.29) is 18.1 Å². The standard InChI is InChI=1S/C9H15N5O3/c1-2-10-5-8(15)11-3-4-14-6-7(9(16)17)12-13-14/h6,10H,2-5H2,1H3,(H,11,15)(H,16,17). The zero-order chi connectivity index (χ0) is 12.7. The summed E-state index contributed by atoms with van der Waals surface area (Å²) in [5.74, 6) is -1.22. The highest BCUT2D eigenvalue weighted by atomic mass is 16.4. The minimum Gasteiger partial charge on any atom is -0.476 e. The third-order valence-corrected chi connectivity index (χ3v) is 1.96. The lowest BCUT2D eigenvalue weighted by atomic mass is 10.5. The van der Waals surface area contributed by atoms with Crippen molar-refractivity contribution >= 4 is 11.9 Å². The maximum Gasteiger partial charge on any atom is 0.358 e. The second-order valence-electron chi connectivity index (χ2n) is 3.30. The predicted molar refractivity (Wildman–Crippen MR) is 58.5 cm³/mol. The molecule has 1 amide bonds. The van der Waals surface area contributed by atoms with Crippen LogP contribution in [0.2, 0.25) is 0 Å². The molecule has 0 radical (unpaired) electrons. The van der Waals surface area contributed by atoms with Crippen LogP contribution < -0.4 is 10.6 Å². The van der Waals surface area contributed by atoms with E-state index in [2.05, 4.69) is 20.9 Å². The lowest BCUT2D eigenvalue weighted by Gasteiger charge is -2.04. The molecule has 1 aromatic heterocycles. The van der Waals surface area contributed by atoms with E-state index < -0.39 is 5.97 Å². The van der Waals surface area contributed by atoms with Gasteiger partial charge in [0.25, 0.3) is 0 Å². The van der Waals surface area contributed by atoms with Crippen LogP contribution in [-0.2, 0) is 11.3 Å². The quantitative estimate of drug-likeness (QED) is 0.547. The van der Waals surface area contributed by atoms with Gasteiger partial charge in [0, 0.05) is 6.54 Å². The van der Waals surface area contributed by atoms with E-state index in [0.29, 0.717) is 13.1 Å². The molecule has 8 nitrogen and oxygen atoms in total. The topological polar surface area (TPSA) is 109 Å². The number of aromatic carboxylic acids is 1. The Balaban J connectivity index is 2.26. The number of carboxylic acids is 1. The first-order chi connectivity index (χ1) is 8.13. The Morgan fingerprint density at radius 1 is 1.53 bits per heavy atom. The molecule has 1 heterocycles. The average molecular weight is 241 g/mol. The number of carboxylic acid groups (broad SMARTS) is 1. The van der Waals surface area contributed by atoms with Crippen molar-refractivity contribution in [1.82, 2.24) is 25.6 Å². The first-order valence-corrected chi connectivity index (χ1v) is 5.24. The van der Waals surface area contributed by atoms with Crippen LogP contribution in [0.1, 0.15) is 17.4 Å². The Bertz CT molecular complexity index is 390. The molecule has 0 saturated carbocycles. The van der Waals surface area contributed by atoms with Crippen molar-refractivity contribution in [2.75, 3.05) is 19.6 Å². The number of nitrogens with one attached hydrogen (secondary N) is 2. The molecule has 0 fully saturated rings. The molecule has 0 unspecified atom stereocenters. The van der Waals surface area contributed by atoms with E-state index in [9.17, 15) is 9.59 Å². The summed E-state index contributed by atoms with van der Waals surface area (Å²) < 4.78 is 1.37. The fourth-order valence-electron chi connectivity index (χ4n) is 1.12. The molecule has 1 rings (SSSR count). The average Bonchev–Trinajstić information content (AvgIpc) is 2.75. The molecule has 0 aliphatic rings. The van der Waals surface area contributed by atoms with Gasteiger partial charge in [-0.2, -0.15) is 0 Å². The predicted octanol–water partition coefficient (Wildman–Crippen LogP) is -1.30. The lowest BCUT2D eigenvalue weighted by Crippen LogP contribution is -2.35. The van der Waals surface area contributed by atoms with Crippen LogP contribution in [0.15, 0.2) is 6.20 Å². The first-order valence-electron chi connectivity index (χ1n) is 5.24. The van der Waals surface area contributed by atoms with Crippen LogP contribution in [0.5, 0.6) is 0 Å². The van der Waals surface area contributed by atoms with Gasteiger partial charge in [0.05, 0.1) is 19.3 Å². The molecule has 0 atom stereocenters. The van der Waals surface area contributed by atoms with Crippen molar-refractivity contribution < 1.29 is 14.7 Å². The smallest absolute Gasteiger partial charge is 0.358 e. The summed E-state index contributed by atoms with van der Waals surface area (Å²) in [7, 11) is 0. The first kappa shape index (κ1) is 13.1. The Morgan fingerprint density at radius 3 is 2.88 bits per heavy atom. The number of hydrogen-bond donors (Lipinski definition) is 3. The van der Waals surface area contributed by atoms with E-state index in [0.717, 1.165) is 6.54 Å². The van der Waals surface area contributed by atoms with Crippen molar-refractivity contribution in [3.63, 3.8) is 0 Å². The SMILES string of the molecule is CCNCC(=O)NCCn1cc(C(=O)O)nn1. The zero-order valence-electron chi connectivity index (χ0n) is 9.51. The van der Waals surface area contributed by atoms with Crippen molar-refractivity contribution in [3.05, 3.63) is 11.9 Å². The third kappa shape index (κ3) is 4.60. The largest absolute Gasteiger partial charge is 0.476 e. The number of hydrogen-bond acceptors (Lipinski definition) is 5. The molecule has 0 bridgehead atoms. The summed E-state index contributed by atoms with van der Waals surface area (Å²) in [6.45, 7) is 3.69. The Labute approximate surface area is 98.0 Å². The fraction of sp³-hybridized carbons (Fsp3) is 0.556. The number of likely N-dealkylation sites (N-methyl/N-ethyl adjacent to an activating group) is 1. The van der Waals surface area contributed by atoms with Gasteiger partial charge in [-0.15, -0.1) is 5.10 Å². The number of carbonyl (C=O) groups excluding carboxylic acids is 1. The maximum atomic E-state index is 11.2. The molecular weight excluding hydrogens is 226 g/mol. The van der Waals surface area contributed by atoms with Crippen LogP contribution in [0.4, 0.5) is 0 Å². The van der Waals surface area contributed by atoms with Crippen molar-refractivity contribution in [2.24, 2.45) is 0 Å². The zero-order valence-corrected chi connectivity index (χ0v) is 9.51. The highest BCUT2D eigenvalue weighted by Gasteiger charge is 2.07. The fourth-order valence-corrected chi connectivity index (χ4v) is 1.12. The van der Waals surface area contributed by atoms with Gasteiger partial charge >= 0.3 is 5.97 Å². The van der Waals surface area contributed by atoms with Crippen LogP contribution in [0, 0.1) is 0 Å². The Morgan fingerprint density at radius 2 is 2.29 bits per heavy atom. The molecule has 17 heavy (non-hydrogen) atoms. The molecule has 0 spiro atoms. The summed E-state index contributed by atoms with van der Waals surface area (Å²) in [5.41, 5.74) is -0.107. The molecule has 0 saturated heterocycles. The summed E-state index contributed by atoms with van der Waals surface area (Å²) in [6, 6.07) is 0. The van der Waals surface area contributed by atoms with E-state index in [4.69, 9.17) is 5.11 Å². The molecule has 94 valence electrons. The van der Waals surface area contributed by atoms with Crippen molar-refractivity contribution in [2.45, 2.75) is 13.5 Å². The minimum atomic E-state index is -1.12. The summed E-state index contributed by atoms with van der Waals surface area (Å²) in [6.07, 6.45) is 1.32. The van der Waals surface area contributed by atoms with Crippen LogP contribution in [0.25, 0.3) is 0 Å². The van der Waals surface area contributed by atoms with Gasteiger partial charge in [-0.1, -0.05) is 12.1 Å². The van der Waals surface area contributed by atoms with Crippen molar-refractivity contribution in [1.29, 1.82) is 0 Å². The number of amides is 1. The van der Waals surface area contributed by atoms with Crippen LogP contribution >= 0.6 is 0 Å². The van der Waals surface area contributed by atoms with Gasteiger partial charge in [-0.25, -0.2) is 9.48 Å². The molecule has 0 aliphatic heterocycles. The molecule has 0 aliphatic carbocycles. The Kier molecular flexibility index (Phi) is 5.08. The maximum absolute atomic E-state index is 11.2. The highest BCUT2D eigenvalue weighted by Crippen LogP contribution is 1.91. The van der Waals surface area contributed by atoms with Crippen LogP contribution in [-0.4, -0.2) is 51.6 Å². The van der Waals surface area contributed by atoms with Crippen molar-refractivity contribution in [3.8, 4) is 0 Å². The molecule has 1 aromatic rings. The van der Waals surface area contributed by atoms with E-state index in [1.807, 2.05) is 6.92 Å². The van der Waals surface area contributed by atoms with Gasteiger partial charge in [0.2, 0.25) is 5.91 Å². The van der Waals surface area contributed by atoms with Crippen LogP contribution in [0.3, 0.4) is 0 Å². The monoisotopic (exact) mass is 241 g/mol. The van der Waals surface area contributed by atoms with E-state index in [1.54, 1.807) is 0 Å². The number of nitrogens with zero attached hydrogens (tertiary/aromatic N) is 3. The number of carbonyl (C=O) groups is 2. The number of rotatable bonds is 7. The molecule has 0 aromatic carbocycles. The summed E-state index contributed by atoms with van der Waals surface area (Å²) >= 11 is 0. The normalized spacial score (nSPS) is 10.2. The summed E-state index contributed by atoms with van der Waals surface area (Å²) in [5, 5.41) is 21.2. The minimum absolute atomic E-state index is 0.106. The Hall–Kier alpha value is -1.96. The molecular formula is C9H15N5O3. The molecule has 8 heteroatoms. The van der Waals surface area contributed by atoms with Gasteiger partial charge in [-0.3, -0.25) is 4.79 Å². The highest BCUT2D eigenvalue weighted by molar-refractivity contribution is 5.84. The van der Waals surface area contributed by atoms with Gasteiger partial charge in [0.15, 0.2) is 5.69 Å². The number of aromatic nitrogens is 3. The van der Waals surface area contributed by atoms with Gasteiger partial charge in [0.1, 0.15) is 0 Å². The lowest BCUT2D eigenvalue weighted by molar-refractivity contribution is -0.120. The second kappa shape index (κ2) is 6.59. The van der Waals surface area contributed by atoms with E-state index in [1.165, 1.54) is 10.9 Å². The van der Waals surface area contributed by atoms with Gasteiger partial charge < -0.3 is 15.7 Å². The second-order valence-corrected chi connectivity index (χ2v) is 3.30. The third-order valence-electron chi connectivity index (χ3n) is 1.96. The van der Waals surface area contributed by atoms with Gasteiger partial charge in [-0.05, 0) is 6.54 Å². The summed E-state index contributed by atoms with van der Waals surface area (Å²) in [4.78, 5) is 21.7. The van der Waals surface area contributed by atoms with E-state index >= 15 is 0 Å². The molecule has 3 N–H and O–H groups in total.